The van der Waals surface area contributed by atoms with Crippen LogP contribution in [-0.4, -0.2) is 50.3 Å². The lowest BCUT2D eigenvalue weighted by Gasteiger charge is -2.11. The maximum atomic E-state index is 14.8. The summed E-state index contributed by atoms with van der Waals surface area (Å²) in [7, 11) is 0. The second-order valence-corrected chi connectivity index (χ2v) is 12.2. The van der Waals surface area contributed by atoms with Gasteiger partial charge < -0.3 is 28.4 Å². The predicted molar refractivity (Wildman–Crippen MR) is 198 cm³/mol. The van der Waals surface area contributed by atoms with Gasteiger partial charge in [-0.2, -0.15) is 0 Å². The van der Waals surface area contributed by atoms with E-state index in [2.05, 4.69) is 13.2 Å². The largest absolute Gasteiger partial charge is 0.494 e. The molecule has 0 saturated heterocycles. The van der Waals surface area contributed by atoms with Gasteiger partial charge in [-0.25, -0.2) is 28.0 Å². The molecular formula is C42H48F2O10. The molecular weight excluding hydrogens is 702 g/mol. The first-order valence-electron chi connectivity index (χ1n) is 18.2. The van der Waals surface area contributed by atoms with Gasteiger partial charge in [0, 0.05) is 24.3 Å². The zero-order valence-electron chi connectivity index (χ0n) is 30.5. The van der Waals surface area contributed by atoms with Crippen molar-refractivity contribution in [3.05, 3.63) is 109 Å². The molecule has 3 aromatic rings. The molecule has 0 bridgehead atoms. The van der Waals surface area contributed by atoms with Crippen LogP contribution in [0.5, 0.6) is 23.0 Å². The van der Waals surface area contributed by atoms with Gasteiger partial charge in [-0.15, -0.1) is 0 Å². The number of esters is 4. The zero-order valence-corrected chi connectivity index (χ0v) is 30.5. The Balaban J connectivity index is 1.34. The molecule has 0 heterocycles. The summed E-state index contributed by atoms with van der Waals surface area (Å²) in [5.41, 5.74) is 0.197. The SMILES string of the molecule is C=CC(=O)OCCCCCCCCOc1ccc(C(=O)Oc2cc(F)c(OC(=O)c3ccc(OCCCCCCCCOC(=O)C=C)cc3)c(F)c2)cc1. The highest BCUT2D eigenvalue weighted by molar-refractivity contribution is 5.92. The molecule has 0 unspecified atom stereocenters. The highest BCUT2D eigenvalue weighted by Gasteiger charge is 2.20. The van der Waals surface area contributed by atoms with Crippen molar-refractivity contribution in [2.45, 2.75) is 77.0 Å². The maximum absolute atomic E-state index is 14.8. The van der Waals surface area contributed by atoms with Crippen molar-refractivity contribution in [3.8, 4) is 23.0 Å². The quantitative estimate of drug-likeness (QED) is 0.0339. The van der Waals surface area contributed by atoms with Gasteiger partial charge in [-0.05, 0) is 74.2 Å². The van der Waals surface area contributed by atoms with Gasteiger partial charge in [-0.3, -0.25) is 0 Å². The first kappa shape index (κ1) is 42.9. The number of hydrogen-bond donors (Lipinski definition) is 0. The lowest BCUT2D eigenvalue weighted by Crippen LogP contribution is -2.12. The number of halogens is 2. The monoisotopic (exact) mass is 750 g/mol. The maximum Gasteiger partial charge on any atom is 0.343 e. The van der Waals surface area contributed by atoms with Gasteiger partial charge in [0.2, 0.25) is 5.75 Å². The molecule has 3 rings (SSSR count). The van der Waals surface area contributed by atoms with Crippen LogP contribution in [0.4, 0.5) is 8.78 Å². The van der Waals surface area contributed by atoms with E-state index in [1.54, 1.807) is 24.3 Å². The van der Waals surface area contributed by atoms with Crippen LogP contribution in [0.1, 0.15) is 97.8 Å². The molecule has 0 spiro atoms. The standard InChI is InChI=1S/C42H48F2O10/c1-3-38(45)51-27-15-11-7-5-9-13-25-49-33-21-17-31(18-22-33)41(47)53-35-29-36(43)40(37(44)30-35)54-42(48)32-19-23-34(24-20-32)50-26-14-10-6-8-12-16-28-52-39(46)4-2/h3-4,17-24,29-30H,1-2,5-16,25-28H2. The van der Waals surface area contributed by atoms with E-state index >= 15 is 0 Å². The van der Waals surface area contributed by atoms with E-state index < -0.39 is 47.0 Å². The molecule has 0 saturated carbocycles. The third-order valence-corrected chi connectivity index (χ3v) is 7.99. The molecule has 3 aromatic carbocycles. The minimum atomic E-state index is -1.22. The lowest BCUT2D eigenvalue weighted by atomic mass is 10.1. The van der Waals surface area contributed by atoms with Crippen molar-refractivity contribution in [3.63, 3.8) is 0 Å². The number of hydrogen-bond acceptors (Lipinski definition) is 10. The highest BCUT2D eigenvalue weighted by atomic mass is 19.1. The highest BCUT2D eigenvalue weighted by Crippen LogP contribution is 2.29. The van der Waals surface area contributed by atoms with E-state index in [0.717, 1.165) is 101 Å². The molecule has 290 valence electrons. The van der Waals surface area contributed by atoms with Gasteiger partial charge in [0.1, 0.15) is 17.2 Å². The van der Waals surface area contributed by atoms with Crippen molar-refractivity contribution >= 4 is 23.9 Å². The number of rotatable bonds is 26. The summed E-state index contributed by atoms with van der Waals surface area (Å²) in [5.74, 6) is -5.32. The molecule has 12 heteroatoms. The first-order valence-corrected chi connectivity index (χ1v) is 18.2. The Kier molecular flexibility index (Phi) is 19.6. The average Bonchev–Trinajstić information content (AvgIpc) is 3.17. The fourth-order valence-corrected chi connectivity index (χ4v) is 5.05. The number of carbonyl (C=O) groups excluding carboxylic acids is 4. The summed E-state index contributed by atoms with van der Waals surface area (Å²) in [5, 5.41) is 0. The molecule has 0 aliphatic carbocycles. The predicted octanol–water partition coefficient (Wildman–Crippen LogP) is 9.30. The van der Waals surface area contributed by atoms with Crippen LogP contribution in [0.3, 0.4) is 0 Å². The van der Waals surface area contributed by atoms with Crippen LogP contribution in [0.2, 0.25) is 0 Å². The smallest absolute Gasteiger partial charge is 0.343 e. The Labute approximate surface area is 315 Å². The van der Waals surface area contributed by atoms with Crippen molar-refractivity contribution in [2.24, 2.45) is 0 Å². The number of ether oxygens (including phenoxy) is 6. The van der Waals surface area contributed by atoms with E-state index in [1.807, 2.05) is 0 Å². The van der Waals surface area contributed by atoms with Crippen LogP contribution >= 0.6 is 0 Å². The Bertz CT molecular complexity index is 1630. The number of benzene rings is 3. The molecule has 0 aliphatic heterocycles. The Morgan fingerprint density at radius 3 is 1.22 bits per heavy atom. The Hall–Kier alpha value is -5.52. The molecule has 10 nitrogen and oxygen atoms in total. The molecule has 54 heavy (non-hydrogen) atoms. The molecule has 0 amide bonds. The summed E-state index contributed by atoms with van der Waals surface area (Å²) in [6.45, 7) is 8.48. The van der Waals surface area contributed by atoms with E-state index in [4.69, 9.17) is 28.4 Å². The molecule has 0 aliphatic rings. The third-order valence-electron chi connectivity index (χ3n) is 7.99. The van der Waals surface area contributed by atoms with E-state index in [-0.39, 0.29) is 11.1 Å². The molecule has 0 radical (unpaired) electrons. The molecule has 0 atom stereocenters. The van der Waals surface area contributed by atoms with Crippen molar-refractivity contribution in [2.75, 3.05) is 26.4 Å². The zero-order chi connectivity index (χ0) is 39.0. The summed E-state index contributed by atoms with van der Waals surface area (Å²) in [6, 6.07) is 13.7. The molecule has 0 fully saturated rings. The lowest BCUT2D eigenvalue weighted by molar-refractivity contribution is -0.138. The van der Waals surface area contributed by atoms with Gasteiger partial charge in [0.05, 0.1) is 37.6 Å². The van der Waals surface area contributed by atoms with Crippen LogP contribution in [0.25, 0.3) is 0 Å². The van der Waals surface area contributed by atoms with Crippen molar-refractivity contribution in [1.29, 1.82) is 0 Å². The normalized spacial score (nSPS) is 10.6. The van der Waals surface area contributed by atoms with Crippen LogP contribution < -0.4 is 18.9 Å². The van der Waals surface area contributed by atoms with Crippen molar-refractivity contribution in [1.82, 2.24) is 0 Å². The Morgan fingerprint density at radius 2 is 0.833 bits per heavy atom. The van der Waals surface area contributed by atoms with Crippen LogP contribution in [0.15, 0.2) is 86.0 Å². The van der Waals surface area contributed by atoms with Crippen molar-refractivity contribution < 1.29 is 56.4 Å². The topological polar surface area (TPSA) is 124 Å². The number of unbranched alkanes of at least 4 members (excludes halogenated alkanes) is 10. The Morgan fingerprint density at radius 1 is 0.481 bits per heavy atom. The summed E-state index contributed by atoms with van der Waals surface area (Å²) in [4.78, 5) is 47.3. The second-order valence-electron chi connectivity index (χ2n) is 12.2. The molecule has 0 aromatic heterocycles. The van der Waals surface area contributed by atoms with Gasteiger partial charge in [0.15, 0.2) is 11.6 Å². The van der Waals surface area contributed by atoms with E-state index in [9.17, 15) is 28.0 Å². The fraction of sp³-hybridized carbons (Fsp3) is 0.381. The van der Waals surface area contributed by atoms with Gasteiger partial charge in [-0.1, -0.05) is 64.5 Å². The van der Waals surface area contributed by atoms with Gasteiger partial charge >= 0.3 is 23.9 Å². The summed E-state index contributed by atoms with van der Waals surface area (Å²) in [6.07, 6.45) is 13.6. The van der Waals surface area contributed by atoms with Crippen LogP contribution in [-0.2, 0) is 19.1 Å². The van der Waals surface area contributed by atoms with E-state index in [1.165, 1.54) is 24.3 Å². The first-order chi connectivity index (χ1) is 26.2. The fourth-order valence-electron chi connectivity index (χ4n) is 5.05. The second kappa shape index (κ2) is 24.7. The summed E-state index contributed by atoms with van der Waals surface area (Å²) < 4.78 is 61.1. The minimum Gasteiger partial charge on any atom is -0.494 e. The van der Waals surface area contributed by atoms with E-state index in [0.29, 0.717) is 37.9 Å². The summed E-state index contributed by atoms with van der Waals surface area (Å²) >= 11 is 0. The molecule has 0 N–H and O–H groups in total. The third kappa shape index (κ3) is 16.4. The minimum absolute atomic E-state index is 0.0558. The number of carbonyl (C=O) groups is 4. The van der Waals surface area contributed by atoms with Gasteiger partial charge in [0.25, 0.3) is 0 Å². The van der Waals surface area contributed by atoms with Crippen LogP contribution in [0, 0.1) is 11.6 Å². The average molecular weight is 751 g/mol.